The van der Waals surface area contributed by atoms with Crippen molar-refractivity contribution >= 4 is 23.2 Å². The van der Waals surface area contributed by atoms with Gasteiger partial charge < -0.3 is 14.8 Å². The molecular weight excluding hydrogens is 358 g/mol. The highest BCUT2D eigenvalue weighted by Crippen LogP contribution is 2.27. The van der Waals surface area contributed by atoms with Gasteiger partial charge in [0, 0.05) is 17.0 Å². The Morgan fingerprint density at radius 2 is 1.64 bits per heavy atom. The van der Waals surface area contributed by atoms with Crippen molar-refractivity contribution in [1.82, 2.24) is 5.43 Å². The number of nitrogens with one attached hydrogen (secondary N) is 2. The molecule has 2 amide bonds. The van der Waals surface area contributed by atoms with Crippen LogP contribution in [0.2, 0.25) is 0 Å². The summed E-state index contributed by atoms with van der Waals surface area (Å²) in [5.41, 5.74) is 6.09. The first-order chi connectivity index (χ1) is 13.3. The number of hydrazone groups is 1. The lowest BCUT2D eigenvalue weighted by Gasteiger charge is -2.11. The molecule has 2 aromatic rings. The molecule has 0 aromatic heterocycles. The number of carbonyl (C=O) groups excluding carboxylic acids is 2. The van der Waals surface area contributed by atoms with Gasteiger partial charge in [0.2, 0.25) is 5.91 Å². The Balaban J connectivity index is 1.98. The van der Waals surface area contributed by atoms with Crippen molar-refractivity contribution in [3.05, 3.63) is 53.1 Å². The zero-order valence-corrected chi connectivity index (χ0v) is 16.8. The molecule has 0 unspecified atom stereocenters. The van der Waals surface area contributed by atoms with Crippen molar-refractivity contribution in [2.75, 3.05) is 19.5 Å². The van der Waals surface area contributed by atoms with Crippen LogP contribution in [0, 0.1) is 13.8 Å². The number of benzene rings is 2. The molecule has 0 spiro atoms. The second-order valence-corrected chi connectivity index (χ2v) is 6.35. The molecule has 0 radical (unpaired) electrons. The highest BCUT2D eigenvalue weighted by molar-refractivity contribution is 6.06. The average Bonchev–Trinajstić information content (AvgIpc) is 2.68. The van der Waals surface area contributed by atoms with Crippen LogP contribution in [-0.2, 0) is 4.79 Å². The normalized spacial score (nSPS) is 11.0. The van der Waals surface area contributed by atoms with E-state index in [9.17, 15) is 9.59 Å². The maximum absolute atomic E-state index is 12.3. The van der Waals surface area contributed by atoms with Crippen LogP contribution in [0.15, 0.2) is 41.5 Å². The van der Waals surface area contributed by atoms with Crippen molar-refractivity contribution in [3.8, 4) is 11.5 Å². The Labute approximate surface area is 164 Å². The molecule has 0 aliphatic carbocycles. The first-order valence-electron chi connectivity index (χ1n) is 8.77. The summed E-state index contributed by atoms with van der Waals surface area (Å²) in [5.74, 6) is 0.375. The third-order valence-electron chi connectivity index (χ3n) is 4.16. The van der Waals surface area contributed by atoms with Crippen LogP contribution in [0.1, 0.15) is 34.8 Å². The minimum absolute atomic E-state index is 0.0694. The van der Waals surface area contributed by atoms with Crippen LogP contribution in [0.5, 0.6) is 11.5 Å². The van der Waals surface area contributed by atoms with E-state index in [2.05, 4.69) is 15.8 Å². The smallest absolute Gasteiger partial charge is 0.271 e. The van der Waals surface area contributed by atoms with Gasteiger partial charge in [-0.2, -0.15) is 5.10 Å². The Morgan fingerprint density at radius 3 is 2.25 bits per heavy atom. The molecule has 7 nitrogen and oxygen atoms in total. The van der Waals surface area contributed by atoms with Crippen molar-refractivity contribution in [1.29, 1.82) is 0 Å². The molecule has 0 aliphatic rings. The van der Waals surface area contributed by atoms with Crippen LogP contribution < -0.4 is 20.2 Å². The molecule has 0 fully saturated rings. The van der Waals surface area contributed by atoms with E-state index in [1.807, 2.05) is 32.0 Å². The molecular formula is C21H25N3O4. The first-order valence-corrected chi connectivity index (χ1v) is 8.77. The van der Waals surface area contributed by atoms with E-state index in [1.54, 1.807) is 25.1 Å². The van der Waals surface area contributed by atoms with E-state index in [-0.39, 0.29) is 12.3 Å². The number of aryl methyl sites for hydroxylation is 2. The summed E-state index contributed by atoms with van der Waals surface area (Å²) in [5, 5.41) is 6.90. The third kappa shape index (κ3) is 5.33. The van der Waals surface area contributed by atoms with Gasteiger partial charge in [0.05, 0.1) is 20.6 Å². The zero-order chi connectivity index (χ0) is 20.7. The SMILES string of the molecule is COc1ccc(C(=O)N/N=C(/C)CC(=O)Nc2c(C)cccc2C)cc1OC. The molecule has 0 heterocycles. The average molecular weight is 383 g/mol. The van der Waals surface area contributed by atoms with Gasteiger partial charge in [-0.3, -0.25) is 9.59 Å². The second-order valence-electron chi connectivity index (χ2n) is 6.35. The molecule has 28 heavy (non-hydrogen) atoms. The Bertz CT molecular complexity index is 886. The largest absolute Gasteiger partial charge is 0.493 e. The van der Waals surface area contributed by atoms with E-state index >= 15 is 0 Å². The van der Waals surface area contributed by atoms with Gasteiger partial charge in [-0.15, -0.1) is 0 Å². The van der Waals surface area contributed by atoms with E-state index in [0.29, 0.717) is 22.8 Å². The van der Waals surface area contributed by atoms with Crippen LogP contribution in [0.3, 0.4) is 0 Å². The first kappa shape index (κ1) is 21.0. The van der Waals surface area contributed by atoms with Crippen molar-refractivity contribution in [3.63, 3.8) is 0 Å². The van der Waals surface area contributed by atoms with Gasteiger partial charge >= 0.3 is 0 Å². The highest BCUT2D eigenvalue weighted by Gasteiger charge is 2.12. The fraction of sp³-hybridized carbons (Fsp3) is 0.286. The Kier molecular flexibility index (Phi) is 7.14. The summed E-state index contributed by atoms with van der Waals surface area (Å²) in [6, 6.07) is 10.6. The molecule has 0 saturated carbocycles. The zero-order valence-electron chi connectivity index (χ0n) is 16.8. The minimum atomic E-state index is -0.407. The quantitative estimate of drug-likeness (QED) is 0.566. The van der Waals surface area contributed by atoms with Gasteiger partial charge in [0.1, 0.15) is 0 Å². The van der Waals surface area contributed by atoms with Gasteiger partial charge in [-0.05, 0) is 50.1 Å². The third-order valence-corrected chi connectivity index (χ3v) is 4.16. The topological polar surface area (TPSA) is 89.0 Å². The number of nitrogens with zero attached hydrogens (tertiary/aromatic N) is 1. The summed E-state index contributed by atoms with van der Waals surface area (Å²) in [6.07, 6.45) is 0.0694. The Hall–Kier alpha value is -3.35. The van der Waals surface area contributed by atoms with Crippen molar-refractivity contribution < 1.29 is 19.1 Å². The maximum Gasteiger partial charge on any atom is 0.271 e. The van der Waals surface area contributed by atoms with Crippen LogP contribution >= 0.6 is 0 Å². The standard InChI is InChI=1S/C21H25N3O4/c1-13-7-6-8-14(2)20(13)22-19(25)11-15(3)23-24-21(26)16-9-10-17(27-4)18(12-16)28-5/h6-10,12H,11H2,1-5H3,(H,22,25)(H,24,26)/b23-15-. The number of hydrogen-bond donors (Lipinski definition) is 2. The summed E-state index contributed by atoms with van der Waals surface area (Å²) in [4.78, 5) is 24.5. The van der Waals surface area contributed by atoms with Gasteiger partial charge in [0.25, 0.3) is 5.91 Å². The number of para-hydroxylation sites is 1. The predicted octanol–water partition coefficient (Wildman–Crippen LogP) is 3.46. The molecule has 0 saturated heterocycles. The number of hydrogen-bond acceptors (Lipinski definition) is 5. The van der Waals surface area contributed by atoms with E-state index in [4.69, 9.17) is 9.47 Å². The number of anilines is 1. The van der Waals surface area contributed by atoms with Crippen LogP contribution in [0.4, 0.5) is 5.69 Å². The fourth-order valence-corrected chi connectivity index (χ4v) is 2.66. The van der Waals surface area contributed by atoms with E-state index in [1.165, 1.54) is 14.2 Å². The van der Waals surface area contributed by atoms with Crippen molar-refractivity contribution in [2.24, 2.45) is 5.10 Å². The van der Waals surface area contributed by atoms with Gasteiger partial charge in [0.15, 0.2) is 11.5 Å². The maximum atomic E-state index is 12.3. The summed E-state index contributed by atoms with van der Waals surface area (Å²) in [6.45, 7) is 5.55. The lowest BCUT2D eigenvalue weighted by Crippen LogP contribution is -2.22. The molecule has 148 valence electrons. The number of methoxy groups -OCH3 is 2. The van der Waals surface area contributed by atoms with Crippen LogP contribution in [-0.4, -0.2) is 31.7 Å². The second kappa shape index (κ2) is 9.55. The summed E-state index contributed by atoms with van der Waals surface area (Å²) < 4.78 is 10.3. The monoisotopic (exact) mass is 383 g/mol. The molecule has 0 bridgehead atoms. The number of ether oxygens (including phenoxy) is 2. The highest BCUT2D eigenvalue weighted by atomic mass is 16.5. The minimum Gasteiger partial charge on any atom is -0.493 e. The van der Waals surface area contributed by atoms with E-state index in [0.717, 1.165) is 16.8 Å². The fourth-order valence-electron chi connectivity index (χ4n) is 2.66. The molecule has 2 rings (SSSR count). The molecule has 2 N–H and O–H groups in total. The van der Waals surface area contributed by atoms with E-state index < -0.39 is 5.91 Å². The number of rotatable bonds is 7. The number of amides is 2. The molecule has 7 heteroatoms. The van der Waals surface area contributed by atoms with Crippen LogP contribution in [0.25, 0.3) is 0 Å². The lowest BCUT2D eigenvalue weighted by molar-refractivity contribution is -0.115. The lowest BCUT2D eigenvalue weighted by atomic mass is 10.1. The predicted molar refractivity (Wildman–Crippen MR) is 109 cm³/mol. The summed E-state index contributed by atoms with van der Waals surface area (Å²) >= 11 is 0. The molecule has 0 aliphatic heterocycles. The Morgan fingerprint density at radius 1 is 1.00 bits per heavy atom. The number of carbonyl (C=O) groups is 2. The summed E-state index contributed by atoms with van der Waals surface area (Å²) in [7, 11) is 3.02. The molecule has 0 atom stereocenters. The van der Waals surface area contributed by atoms with Gasteiger partial charge in [-0.25, -0.2) is 5.43 Å². The van der Waals surface area contributed by atoms with Gasteiger partial charge in [-0.1, -0.05) is 18.2 Å². The molecule has 2 aromatic carbocycles. The van der Waals surface area contributed by atoms with Crippen molar-refractivity contribution in [2.45, 2.75) is 27.2 Å².